The Hall–Kier alpha value is -3.98. The first-order valence-electron chi connectivity index (χ1n) is 11.2. The summed E-state index contributed by atoms with van der Waals surface area (Å²) >= 11 is 0. The van der Waals surface area contributed by atoms with Crippen LogP contribution in [0.1, 0.15) is 20.7 Å². The number of imide groups is 1. The molecule has 2 aliphatic rings. The van der Waals surface area contributed by atoms with Gasteiger partial charge in [0.1, 0.15) is 5.75 Å². The van der Waals surface area contributed by atoms with Crippen molar-refractivity contribution in [3.63, 3.8) is 0 Å². The molecule has 174 valence electrons. The molecule has 0 N–H and O–H groups in total. The van der Waals surface area contributed by atoms with E-state index in [9.17, 15) is 19.7 Å². The molecule has 0 saturated carbocycles. The van der Waals surface area contributed by atoms with E-state index in [1.165, 1.54) is 17.0 Å². The molecule has 34 heavy (non-hydrogen) atoms. The van der Waals surface area contributed by atoms with E-state index >= 15 is 0 Å². The fraction of sp³-hybridized carbons (Fsp3) is 0.280. The van der Waals surface area contributed by atoms with Crippen LogP contribution in [0.2, 0.25) is 0 Å². The summed E-state index contributed by atoms with van der Waals surface area (Å²) in [4.78, 5) is 43.0. The number of methoxy groups -OCH3 is 1. The second-order valence-electron chi connectivity index (χ2n) is 8.38. The van der Waals surface area contributed by atoms with Crippen molar-refractivity contribution in [3.8, 4) is 5.75 Å². The summed E-state index contributed by atoms with van der Waals surface area (Å²) in [5.41, 5.74) is 1.61. The van der Waals surface area contributed by atoms with Gasteiger partial charge in [0.05, 0.1) is 23.1 Å². The van der Waals surface area contributed by atoms with Crippen LogP contribution in [-0.4, -0.2) is 72.9 Å². The highest BCUT2D eigenvalue weighted by Gasteiger charge is 2.34. The minimum atomic E-state index is -0.491. The predicted octanol–water partition coefficient (Wildman–Crippen LogP) is 3.17. The van der Waals surface area contributed by atoms with Crippen molar-refractivity contribution in [2.75, 3.05) is 51.3 Å². The van der Waals surface area contributed by atoms with Crippen molar-refractivity contribution in [2.24, 2.45) is 0 Å². The lowest BCUT2D eigenvalue weighted by Crippen LogP contribution is -2.50. The SMILES string of the molecule is COc1ccccc1N1CCN(CCN2C(=O)c3cccc4c([N+](=O)[O-])ccc(c34)C2=O)CC1. The number of amides is 2. The van der Waals surface area contributed by atoms with Gasteiger partial charge in [-0.3, -0.25) is 29.5 Å². The first-order chi connectivity index (χ1) is 16.5. The van der Waals surface area contributed by atoms with Crippen LogP contribution in [0.25, 0.3) is 10.8 Å². The maximum atomic E-state index is 13.2. The van der Waals surface area contributed by atoms with E-state index in [0.29, 0.717) is 28.4 Å². The molecule has 0 spiro atoms. The maximum Gasteiger partial charge on any atom is 0.277 e. The van der Waals surface area contributed by atoms with E-state index < -0.39 is 16.7 Å². The maximum absolute atomic E-state index is 13.2. The Morgan fingerprint density at radius 1 is 0.882 bits per heavy atom. The molecule has 0 unspecified atom stereocenters. The molecule has 0 atom stereocenters. The summed E-state index contributed by atoms with van der Waals surface area (Å²) < 4.78 is 5.47. The molecule has 0 aromatic heterocycles. The van der Waals surface area contributed by atoms with E-state index in [1.807, 2.05) is 24.3 Å². The van der Waals surface area contributed by atoms with E-state index in [-0.39, 0.29) is 12.2 Å². The van der Waals surface area contributed by atoms with Crippen LogP contribution in [0.5, 0.6) is 5.75 Å². The monoisotopic (exact) mass is 460 g/mol. The summed E-state index contributed by atoms with van der Waals surface area (Å²) in [5, 5.41) is 12.1. The third kappa shape index (κ3) is 3.63. The first-order valence-corrected chi connectivity index (χ1v) is 11.2. The molecule has 3 aromatic rings. The molecule has 9 nitrogen and oxygen atoms in total. The molecule has 0 bridgehead atoms. The number of para-hydroxylation sites is 2. The highest BCUT2D eigenvalue weighted by Crippen LogP contribution is 2.35. The summed E-state index contributed by atoms with van der Waals surface area (Å²) in [6.45, 7) is 4.05. The number of nitrogens with zero attached hydrogens (tertiary/aromatic N) is 4. The van der Waals surface area contributed by atoms with E-state index in [0.717, 1.165) is 37.6 Å². The zero-order valence-corrected chi connectivity index (χ0v) is 18.8. The summed E-state index contributed by atoms with van der Waals surface area (Å²) in [7, 11) is 1.67. The van der Waals surface area contributed by atoms with Gasteiger partial charge < -0.3 is 9.64 Å². The van der Waals surface area contributed by atoms with Crippen LogP contribution in [0.15, 0.2) is 54.6 Å². The third-order valence-corrected chi connectivity index (χ3v) is 6.60. The van der Waals surface area contributed by atoms with Gasteiger partial charge in [-0.15, -0.1) is 0 Å². The number of benzene rings is 3. The van der Waals surface area contributed by atoms with Crippen molar-refractivity contribution in [1.29, 1.82) is 0 Å². The number of non-ortho nitro benzene ring substituents is 1. The topological polar surface area (TPSA) is 96.2 Å². The lowest BCUT2D eigenvalue weighted by molar-refractivity contribution is -0.383. The van der Waals surface area contributed by atoms with Gasteiger partial charge in [-0.1, -0.05) is 18.2 Å². The fourth-order valence-electron chi connectivity index (χ4n) is 4.84. The van der Waals surface area contributed by atoms with Crippen molar-refractivity contribution < 1.29 is 19.2 Å². The second-order valence-corrected chi connectivity index (χ2v) is 8.38. The summed E-state index contributed by atoms with van der Waals surface area (Å²) in [5.74, 6) is 0.0287. The van der Waals surface area contributed by atoms with Gasteiger partial charge in [-0.25, -0.2) is 0 Å². The molecule has 2 amide bonds. The fourth-order valence-corrected chi connectivity index (χ4v) is 4.84. The third-order valence-electron chi connectivity index (χ3n) is 6.60. The van der Waals surface area contributed by atoms with Gasteiger partial charge in [0, 0.05) is 61.8 Å². The highest BCUT2D eigenvalue weighted by atomic mass is 16.6. The Bertz CT molecular complexity index is 1280. The zero-order chi connectivity index (χ0) is 23.8. The lowest BCUT2D eigenvalue weighted by Gasteiger charge is -2.37. The van der Waals surface area contributed by atoms with Gasteiger partial charge in [0.2, 0.25) is 0 Å². The molecule has 1 saturated heterocycles. The Kier molecular flexibility index (Phi) is 5.62. The van der Waals surface area contributed by atoms with E-state index in [4.69, 9.17) is 4.74 Å². The van der Waals surface area contributed by atoms with E-state index in [2.05, 4.69) is 9.80 Å². The van der Waals surface area contributed by atoms with Gasteiger partial charge in [-0.2, -0.15) is 0 Å². The molecule has 0 radical (unpaired) electrons. The van der Waals surface area contributed by atoms with Gasteiger partial charge in [-0.05, 0) is 30.3 Å². The standard InChI is InChI=1S/C25H24N4O5/c1-34-22-8-3-2-7-21(22)27-14-11-26(12-15-27)13-16-28-24(30)18-6-4-5-17-20(29(32)33)10-9-19(23(17)18)25(28)31/h2-10H,11-16H2,1H3. The highest BCUT2D eigenvalue weighted by molar-refractivity contribution is 6.26. The first kappa shape index (κ1) is 21.8. The van der Waals surface area contributed by atoms with Gasteiger partial charge >= 0.3 is 0 Å². The van der Waals surface area contributed by atoms with Crippen molar-refractivity contribution >= 4 is 34.0 Å². The molecule has 3 aromatic carbocycles. The molecule has 1 fully saturated rings. The molecular formula is C25H24N4O5. The van der Waals surface area contributed by atoms with Gasteiger partial charge in [0.25, 0.3) is 17.5 Å². The normalized spacial score (nSPS) is 16.3. The zero-order valence-electron chi connectivity index (χ0n) is 18.8. The minimum Gasteiger partial charge on any atom is -0.495 e. The van der Waals surface area contributed by atoms with Crippen molar-refractivity contribution in [3.05, 3.63) is 75.8 Å². The van der Waals surface area contributed by atoms with Crippen LogP contribution >= 0.6 is 0 Å². The van der Waals surface area contributed by atoms with Crippen LogP contribution < -0.4 is 9.64 Å². The summed E-state index contributed by atoms with van der Waals surface area (Å²) in [6, 6.07) is 15.6. The Labute approximate surface area is 196 Å². The quantitative estimate of drug-likeness (QED) is 0.317. The Morgan fingerprint density at radius 3 is 2.29 bits per heavy atom. The van der Waals surface area contributed by atoms with Crippen molar-refractivity contribution in [1.82, 2.24) is 9.80 Å². The number of nitro benzene ring substituents is 1. The van der Waals surface area contributed by atoms with Gasteiger partial charge in [0.15, 0.2) is 0 Å². The number of carbonyl (C=O) groups is 2. The number of hydrogen-bond acceptors (Lipinski definition) is 7. The molecule has 2 aliphatic heterocycles. The van der Waals surface area contributed by atoms with Crippen LogP contribution in [0.3, 0.4) is 0 Å². The Morgan fingerprint density at radius 2 is 1.59 bits per heavy atom. The number of carbonyl (C=O) groups excluding carboxylic acids is 2. The predicted molar refractivity (Wildman–Crippen MR) is 128 cm³/mol. The summed E-state index contributed by atoms with van der Waals surface area (Å²) in [6.07, 6.45) is 0. The second kappa shape index (κ2) is 8.75. The largest absolute Gasteiger partial charge is 0.495 e. The number of hydrogen-bond donors (Lipinski definition) is 0. The average molecular weight is 460 g/mol. The number of anilines is 1. The smallest absolute Gasteiger partial charge is 0.277 e. The van der Waals surface area contributed by atoms with Crippen LogP contribution in [-0.2, 0) is 0 Å². The average Bonchev–Trinajstić information content (AvgIpc) is 2.87. The number of ether oxygens (including phenoxy) is 1. The molecule has 9 heteroatoms. The number of piperazine rings is 1. The van der Waals surface area contributed by atoms with Crippen molar-refractivity contribution in [2.45, 2.75) is 0 Å². The minimum absolute atomic E-state index is 0.109. The molecule has 5 rings (SSSR count). The molecule has 2 heterocycles. The van der Waals surface area contributed by atoms with Crippen LogP contribution in [0.4, 0.5) is 11.4 Å². The van der Waals surface area contributed by atoms with Crippen LogP contribution in [0, 0.1) is 10.1 Å². The molecular weight excluding hydrogens is 436 g/mol. The number of rotatable bonds is 6. The Balaban J connectivity index is 1.29. The van der Waals surface area contributed by atoms with E-state index in [1.54, 1.807) is 25.3 Å². The number of nitro groups is 1. The molecule has 0 aliphatic carbocycles. The lowest BCUT2D eigenvalue weighted by atomic mass is 9.93.